The van der Waals surface area contributed by atoms with Gasteiger partial charge in [-0.3, -0.25) is 9.59 Å². The van der Waals surface area contributed by atoms with E-state index in [1.165, 1.54) is 52.6 Å². The molecular formula is C23H16F3N3O4S. The Balaban J connectivity index is 1.50. The Labute approximate surface area is 194 Å². The molecule has 1 amide bonds. The number of alkyl halides is 2. The summed E-state index contributed by atoms with van der Waals surface area (Å²) in [6, 6.07) is 11.4. The van der Waals surface area contributed by atoms with Gasteiger partial charge >= 0.3 is 6.29 Å². The zero-order chi connectivity index (χ0) is 24.0. The lowest BCUT2D eigenvalue weighted by Gasteiger charge is -2.21. The largest absolute Gasteiger partial charge is 0.586 e. The average molecular weight is 487 g/mol. The molecule has 0 radical (unpaired) electrons. The number of aromatic nitrogens is 2. The number of rotatable bonds is 5. The molecule has 5 rings (SSSR count). The molecule has 3 heterocycles. The number of ether oxygens (including phenoxy) is 2. The van der Waals surface area contributed by atoms with E-state index in [1.54, 1.807) is 24.4 Å². The molecule has 1 aliphatic rings. The first kappa shape index (κ1) is 22.0. The van der Waals surface area contributed by atoms with Gasteiger partial charge in [0.05, 0.1) is 10.1 Å². The minimum absolute atomic E-state index is 0.141. The van der Waals surface area contributed by atoms with E-state index in [-0.39, 0.29) is 18.0 Å². The number of nitrogens with zero attached hydrogens (tertiary/aromatic N) is 3. The molecule has 0 spiro atoms. The van der Waals surface area contributed by atoms with Crippen LogP contribution in [0.2, 0.25) is 0 Å². The standard InChI is InChI=1S/C23H16F3N3O4S/c1-2-28(15-6-7-17-18(11-15)33-23(25,26)32-17)19(30)12-29-22(31)16-8-9-34-21(16)20(27-29)13-4-3-5-14(24)10-13/h3-11H,2,12H2,1H3. The van der Waals surface area contributed by atoms with Crippen molar-refractivity contribution in [1.29, 1.82) is 0 Å². The molecule has 1 aliphatic heterocycles. The van der Waals surface area contributed by atoms with Crippen LogP contribution in [0.1, 0.15) is 6.92 Å². The first-order chi connectivity index (χ1) is 16.3. The summed E-state index contributed by atoms with van der Waals surface area (Å²) in [6.07, 6.45) is -3.78. The quantitative estimate of drug-likeness (QED) is 0.410. The fraction of sp³-hybridized carbons (Fsp3) is 0.174. The van der Waals surface area contributed by atoms with Crippen LogP contribution in [-0.4, -0.2) is 28.5 Å². The Morgan fingerprint density at radius 1 is 1.15 bits per heavy atom. The van der Waals surface area contributed by atoms with Crippen LogP contribution < -0.4 is 19.9 Å². The number of fused-ring (bicyclic) bond motifs is 2. The van der Waals surface area contributed by atoms with E-state index in [0.29, 0.717) is 27.0 Å². The summed E-state index contributed by atoms with van der Waals surface area (Å²) in [6.45, 7) is 1.49. The summed E-state index contributed by atoms with van der Waals surface area (Å²) in [5, 5.41) is 6.45. The maximum atomic E-state index is 13.8. The number of benzene rings is 2. The minimum Gasteiger partial charge on any atom is -0.395 e. The number of amides is 1. The van der Waals surface area contributed by atoms with Gasteiger partial charge in [0.15, 0.2) is 11.5 Å². The normalized spacial score (nSPS) is 13.9. The molecule has 34 heavy (non-hydrogen) atoms. The molecule has 2 aromatic heterocycles. The van der Waals surface area contributed by atoms with Crippen molar-refractivity contribution >= 4 is 33.0 Å². The number of anilines is 1. The van der Waals surface area contributed by atoms with Crippen molar-refractivity contribution in [2.24, 2.45) is 0 Å². The van der Waals surface area contributed by atoms with E-state index in [0.717, 1.165) is 4.68 Å². The second-order valence-corrected chi connectivity index (χ2v) is 8.34. The zero-order valence-electron chi connectivity index (χ0n) is 17.6. The van der Waals surface area contributed by atoms with Crippen LogP contribution in [0.15, 0.2) is 58.7 Å². The Kier molecular flexibility index (Phi) is 5.28. The Bertz CT molecular complexity index is 1480. The Hall–Kier alpha value is -3.86. The first-order valence-electron chi connectivity index (χ1n) is 10.2. The molecule has 4 aromatic rings. The molecule has 174 valence electrons. The van der Waals surface area contributed by atoms with Crippen LogP contribution in [0.4, 0.5) is 18.9 Å². The fourth-order valence-electron chi connectivity index (χ4n) is 3.77. The summed E-state index contributed by atoms with van der Waals surface area (Å²) in [5.41, 5.74) is 0.677. The lowest BCUT2D eigenvalue weighted by Crippen LogP contribution is -2.37. The smallest absolute Gasteiger partial charge is 0.395 e. The van der Waals surface area contributed by atoms with E-state index in [2.05, 4.69) is 14.6 Å². The molecule has 0 N–H and O–H groups in total. The van der Waals surface area contributed by atoms with Gasteiger partial charge in [0, 0.05) is 23.9 Å². The Morgan fingerprint density at radius 2 is 1.94 bits per heavy atom. The summed E-state index contributed by atoms with van der Waals surface area (Å²) >= 11 is 1.29. The van der Waals surface area contributed by atoms with E-state index in [9.17, 15) is 22.8 Å². The van der Waals surface area contributed by atoms with E-state index in [4.69, 9.17) is 0 Å². The summed E-state index contributed by atoms with van der Waals surface area (Å²) < 4.78 is 51.0. The van der Waals surface area contributed by atoms with Crippen molar-refractivity contribution < 1.29 is 27.4 Å². The Morgan fingerprint density at radius 3 is 2.71 bits per heavy atom. The molecular weight excluding hydrogens is 471 g/mol. The molecule has 0 atom stereocenters. The van der Waals surface area contributed by atoms with Crippen molar-refractivity contribution in [3.05, 3.63) is 70.1 Å². The number of hydrogen-bond acceptors (Lipinski definition) is 6. The molecule has 0 saturated heterocycles. The zero-order valence-corrected chi connectivity index (χ0v) is 18.4. The molecule has 0 unspecified atom stereocenters. The predicted molar refractivity (Wildman–Crippen MR) is 120 cm³/mol. The van der Waals surface area contributed by atoms with Crippen molar-refractivity contribution in [2.45, 2.75) is 19.8 Å². The van der Waals surface area contributed by atoms with Crippen LogP contribution in [0.5, 0.6) is 11.5 Å². The van der Waals surface area contributed by atoms with Crippen LogP contribution in [0, 0.1) is 5.82 Å². The summed E-state index contributed by atoms with van der Waals surface area (Å²) in [5.74, 6) is -1.29. The number of thiophene rings is 1. The van der Waals surface area contributed by atoms with Gasteiger partial charge in [0.25, 0.3) is 5.56 Å². The number of halogens is 3. The topological polar surface area (TPSA) is 73.7 Å². The molecule has 7 nitrogen and oxygen atoms in total. The molecule has 11 heteroatoms. The van der Waals surface area contributed by atoms with Gasteiger partial charge in [-0.25, -0.2) is 9.07 Å². The summed E-state index contributed by atoms with van der Waals surface area (Å²) in [7, 11) is 0. The van der Waals surface area contributed by atoms with Gasteiger partial charge in [-0.1, -0.05) is 12.1 Å². The lowest BCUT2D eigenvalue weighted by molar-refractivity contribution is -0.286. The van der Waals surface area contributed by atoms with Crippen molar-refractivity contribution in [2.75, 3.05) is 11.4 Å². The van der Waals surface area contributed by atoms with Gasteiger partial charge < -0.3 is 14.4 Å². The molecule has 0 aliphatic carbocycles. The second kappa shape index (κ2) is 8.17. The van der Waals surface area contributed by atoms with E-state index in [1.807, 2.05) is 0 Å². The highest BCUT2D eigenvalue weighted by atomic mass is 32.1. The average Bonchev–Trinajstić information content (AvgIpc) is 3.39. The van der Waals surface area contributed by atoms with Crippen molar-refractivity contribution in [3.8, 4) is 22.8 Å². The maximum Gasteiger partial charge on any atom is 0.586 e. The van der Waals surface area contributed by atoms with Gasteiger partial charge in [0.2, 0.25) is 5.91 Å². The third-order valence-corrected chi connectivity index (χ3v) is 6.18. The first-order valence-corrected chi connectivity index (χ1v) is 11.1. The molecule has 0 saturated carbocycles. The molecule has 2 aromatic carbocycles. The number of hydrogen-bond donors (Lipinski definition) is 0. The highest BCUT2D eigenvalue weighted by Crippen LogP contribution is 2.42. The van der Waals surface area contributed by atoms with E-state index < -0.39 is 30.1 Å². The molecule has 0 bridgehead atoms. The van der Waals surface area contributed by atoms with Gasteiger partial charge in [-0.15, -0.1) is 20.1 Å². The summed E-state index contributed by atoms with van der Waals surface area (Å²) in [4.78, 5) is 27.5. The van der Waals surface area contributed by atoms with Gasteiger partial charge in [0.1, 0.15) is 18.1 Å². The number of carbonyl (C=O) groups excluding carboxylic acids is 1. The van der Waals surface area contributed by atoms with Crippen molar-refractivity contribution in [1.82, 2.24) is 9.78 Å². The third-order valence-electron chi connectivity index (χ3n) is 5.26. The number of likely N-dealkylation sites (N-methyl/N-ethyl adjacent to an activating group) is 1. The monoisotopic (exact) mass is 487 g/mol. The number of carbonyl (C=O) groups is 1. The highest BCUT2D eigenvalue weighted by Gasteiger charge is 2.43. The molecule has 0 fully saturated rings. The van der Waals surface area contributed by atoms with Crippen LogP contribution in [0.25, 0.3) is 21.3 Å². The van der Waals surface area contributed by atoms with Crippen LogP contribution in [-0.2, 0) is 11.3 Å². The van der Waals surface area contributed by atoms with Crippen LogP contribution >= 0.6 is 11.3 Å². The lowest BCUT2D eigenvalue weighted by atomic mass is 10.1. The predicted octanol–water partition coefficient (Wildman–Crippen LogP) is 4.64. The second-order valence-electron chi connectivity index (χ2n) is 7.42. The minimum atomic E-state index is -3.78. The highest BCUT2D eigenvalue weighted by molar-refractivity contribution is 7.17. The fourth-order valence-corrected chi connectivity index (χ4v) is 4.66. The van der Waals surface area contributed by atoms with E-state index >= 15 is 0 Å². The third kappa shape index (κ3) is 3.87. The van der Waals surface area contributed by atoms with Crippen molar-refractivity contribution in [3.63, 3.8) is 0 Å². The van der Waals surface area contributed by atoms with Gasteiger partial charge in [-0.05, 0) is 42.6 Å². The SMILES string of the molecule is CCN(C(=O)Cn1nc(-c2cccc(F)c2)c2sccc2c1=O)c1ccc2c(c1)OC(F)(F)O2. The van der Waals surface area contributed by atoms with Crippen LogP contribution in [0.3, 0.4) is 0 Å². The maximum absolute atomic E-state index is 13.8. The van der Waals surface area contributed by atoms with Gasteiger partial charge in [-0.2, -0.15) is 5.10 Å².